The Morgan fingerprint density at radius 3 is 2.31 bits per heavy atom. The zero-order valence-electron chi connectivity index (χ0n) is 10.5. The molecular weight excluding hydrogens is 200 g/mol. The molecule has 1 rings (SSSR count). The first kappa shape index (κ1) is 13.0. The van der Waals surface area contributed by atoms with Crippen molar-refractivity contribution in [2.24, 2.45) is 11.3 Å². The third-order valence-corrected chi connectivity index (χ3v) is 3.56. The summed E-state index contributed by atoms with van der Waals surface area (Å²) < 4.78 is 0. The van der Waals surface area contributed by atoms with Gasteiger partial charge in [-0.05, 0) is 37.0 Å². The number of carbonyl (C=O) groups excluding carboxylic acids is 1. The molecule has 0 aliphatic heterocycles. The van der Waals surface area contributed by atoms with Gasteiger partial charge in [0.05, 0.1) is 6.07 Å². The smallest absolute Gasteiger partial charge is 0.234 e. The number of nitrogens with zero attached hydrogens (tertiary/aromatic N) is 1. The van der Waals surface area contributed by atoms with Crippen LogP contribution >= 0.6 is 0 Å². The SMILES string of the molecule is CC(C)(C)C1CCC(NC(=O)CC#N)CC1. The van der Waals surface area contributed by atoms with Gasteiger partial charge in [0.1, 0.15) is 6.42 Å². The highest BCUT2D eigenvalue weighted by Crippen LogP contribution is 2.37. The van der Waals surface area contributed by atoms with E-state index < -0.39 is 0 Å². The van der Waals surface area contributed by atoms with Gasteiger partial charge in [0.25, 0.3) is 0 Å². The summed E-state index contributed by atoms with van der Waals surface area (Å²) in [5.41, 5.74) is 0.377. The summed E-state index contributed by atoms with van der Waals surface area (Å²) >= 11 is 0. The summed E-state index contributed by atoms with van der Waals surface area (Å²) in [6.07, 6.45) is 4.46. The predicted octanol–water partition coefficient (Wildman–Crippen LogP) is 2.62. The van der Waals surface area contributed by atoms with Gasteiger partial charge in [0.15, 0.2) is 0 Å². The van der Waals surface area contributed by atoms with E-state index in [1.165, 1.54) is 12.8 Å². The lowest BCUT2D eigenvalue weighted by molar-refractivity contribution is -0.121. The maximum Gasteiger partial charge on any atom is 0.234 e. The molecule has 1 fully saturated rings. The predicted molar refractivity (Wildman–Crippen MR) is 63.6 cm³/mol. The summed E-state index contributed by atoms with van der Waals surface area (Å²) in [5, 5.41) is 11.3. The molecule has 1 N–H and O–H groups in total. The summed E-state index contributed by atoms with van der Waals surface area (Å²) in [6.45, 7) is 6.85. The number of rotatable bonds is 2. The zero-order chi connectivity index (χ0) is 12.2. The maximum atomic E-state index is 11.3. The van der Waals surface area contributed by atoms with Crippen molar-refractivity contribution < 1.29 is 4.79 Å². The van der Waals surface area contributed by atoms with E-state index in [1.54, 1.807) is 0 Å². The monoisotopic (exact) mass is 222 g/mol. The van der Waals surface area contributed by atoms with E-state index in [9.17, 15) is 4.79 Å². The van der Waals surface area contributed by atoms with Crippen molar-refractivity contribution in [1.82, 2.24) is 5.32 Å². The average Bonchev–Trinajstić information content (AvgIpc) is 2.17. The lowest BCUT2D eigenvalue weighted by atomic mass is 9.71. The van der Waals surface area contributed by atoms with Gasteiger partial charge in [-0.3, -0.25) is 4.79 Å². The van der Waals surface area contributed by atoms with Crippen molar-refractivity contribution in [3.05, 3.63) is 0 Å². The number of nitrogens with one attached hydrogen (secondary N) is 1. The highest BCUT2D eigenvalue weighted by atomic mass is 16.1. The van der Waals surface area contributed by atoms with Crippen molar-refractivity contribution in [2.45, 2.75) is 58.9 Å². The Morgan fingerprint density at radius 1 is 1.31 bits per heavy atom. The molecule has 0 spiro atoms. The Morgan fingerprint density at radius 2 is 1.88 bits per heavy atom. The van der Waals surface area contributed by atoms with Crippen LogP contribution in [0.5, 0.6) is 0 Å². The van der Waals surface area contributed by atoms with E-state index in [2.05, 4.69) is 26.1 Å². The van der Waals surface area contributed by atoms with E-state index in [0.29, 0.717) is 11.5 Å². The van der Waals surface area contributed by atoms with Gasteiger partial charge in [-0.2, -0.15) is 5.26 Å². The summed E-state index contributed by atoms with van der Waals surface area (Å²) in [6, 6.07) is 2.17. The first-order chi connectivity index (χ1) is 7.43. The number of hydrogen-bond acceptors (Lipinski definition) is 2. The first-order valence-corrected chi connectivity index (χ1v) is 6.10. The van der Waals surface area contributed by atoms with Crippen molar-refractivity contribution in [3.8, 4) is 6.07 Å². The van der Waals surface area contributed by atoms with Crippen LogP contribution in [0.4, 0.5) is 0 Å². The van der Waals surface area contributed by atoms with Crippen molar-refractivity contribution in [3.63, 3.8) is 0 Å². The summed E-state index contributed by atoms with van der Waals surface area (Å²) in [5.74, 6) is 0.637. The molecule has 0 unspecified atom stereocenters. The van der Waals surface area contributed by atoms with Gasteiger partial charge in [-0.25, -0.2) is 0 Å². The zero-order valence-corrected chi connectivity index (χ0v) is 10.5. The molecule has 0 aromatic heterocycles. The molecule has 3 heteroatoms. The fraction of sp³-hybridized carbons (Fsp3) is 0.846. The highest BCUT2D eigenvalue weighted by Gasteiger charge is 2.29. The number of nitriles is 1. The third kappa shape index (κ3) is 3.84. The molecule has 0 saturated heterocycles. The standard InChI is InChI=1S/C13H22N2O/c1-13(2,3)10-4-6-11(7-5-10)15-12(16)8-9-14/h10-11H,4-8H2,1-3H3,(H,15,16). The maximum absolute atomic E-state index is 11.3. The molecule has 0 atom stereocenters. The van der Waals surface area contributed by atoms with Crippen LogP contribution in [0.15, 0.2) is 0 Å². The van der Waals surface area contributed by atoms with Gasteiger partial charge in [0.2, 0.25) is 5.91 Å². The molecule has 0 radical (unpaired) electrons. The largest absolute Gasteiger partial charge is 0.352 e. The molecule has 1 amide bonds. The third-order valence-electron chi connectivity index (χ3n) is 3.56. The Kier molecular flexibility index (Phi) is 4.35. The summed E-state index contributed by atoms with van der Waals surface area (Å²) in [7, 11) is 0. The van der Waals surface area contributed by atoms with Crippen LogP contribution in [-0.2, 0) is 4.79 Å². The minimum atomic E-state index is -0.123. The Labute approximate surface area is 98.2 Å². The van der Waals surface area contributed by atoms with E-state index >= 15 is 0 Å². The number of carbonyl (C=O) groups is 1. The Hall–Kier alpha value is -1.04. The second-order valence-corrected chi connectivity index (χ2v) is 5.82. The van der Waals surface area contributed by atoms with Crippen molar-refractivity contribution in [2.75, 3.05) is 0 Å². The van der Waals surface area contributed by atoms with Crippen LogP contribution in [0.25, 0.3) is 0 Å². The number of hydrogen-bond donors (Lipinski definition) is 1. The van der Waals surface area contributed by atoms with Crippen LogP contribution in [0.1, 0.15) is 52.9 Å². The molecule has 90 valence electrons. The van der Waals surface area contributed by atoms with Crippen molar-refractivity contribution >= 4 is 5.91 Å². The van der Waals surface area contributed by atoms with E-state index in [1.807, 2.05) is 6.07 Å². The molecule has 0 aromatic rings. The van der Waals surface area contributed by atoms with Gasteiger partial charge in [-0.1, -0.05) is 20.8 Å². The Balaban J connectivity index is 2.33. The second kappa shape index (κ2) is 5.34. The van der Waals surface area contributed by atoms with Crippen LogP contribution in [0.2, 0.25) is 0 Å². The van der Waals surface area contributed by atoms with E-state index in [4.69, 9.17) is 5.26 Å². The van der Waals surface area contributed by atoms with Crippen LogP contribution in [0.3, 0.4) is 0 Å². The lowest BCUT2D eigenvalue weighted by Gasteiger charge is -2.37. The van der Waals surface area contributed by atoms with Crippen LogP contribution in [0, 0.1) is 22.7 Å². The van der Waals surface area contributed by atoms with Gasteiger partial charge < -0.3 is 5.32 Å². The highest BCUT2D eigenvalue weighted by molar-refractivity contribution is 5.78. The van der Waals surface area contributed by atoms with Crippen LogP contribution < -0.4 is 5.32 Å². The normalized spacial score (nSPS) is 25.9. The Bertz CT molecular complexity index is 277. The molecule has 1 aliphatic carbocycles. The van der Waals surface area contributed by atoms with Gasteiger partial charge in [0, 0.05) is 6.04 Å². The molecule has 3 nitrogen and oxygen atoms in total. The van der Waals surface area contributed by atoms with Crippen LogP contribution in [-0.4, -0.2) is 11.9 Å². The fourth-order valence-electron chi connectivity index (χ4n) is 2.45. The topological polar surface area (TPSA) is 52.9 Å². The molecule has 0 bridgehead atoms. The van der Waals surface area contributed by atoms with Crippen molar-refractivity contribution in [1.29, 1.82) is 5.26 Å². The molecule has 16 heavy (non-hydrogen) atoms. The summed E-state index contributed by atoms with van der Waals surface area (Å²) in [4.78, 5) is 11.3. The minimum Gasteiger partial charge on any atom is -0.352 e. The van der Waals surface area contributed by atoms with Gasteiger partial charge in [-0.15, -0.1) is 0 Å². The second-order valence-electron chi connectivity index (χ2n) is 5.82. The average molecular weight is 222 g/mol. The number of amides is 1. The fourth-order valence-corrected chi connectivity index (χ4v) is 2.45. The van der Waals surface area contributed by atoms with Gasteiger partial charge >= 0.3 is 0 Å². The lowest BCUT2D eigenvalue weighted by Crippen LogP contribution is -2.39. The molecule has 1 aliphatic rings. The van der Waals surface area contributed by atoms with E-state index in [-0.39, 0.29) is 12.3 Å². The molecule has 0 heterocycles. The molecule has 1 saturated carbocycles. The van der Waals surface area contributed by atoms with E-state index in [0.717, 1.165) is 18.8 Å². The quantitative estimate of drug-likeness (QED) is 0.780. The minimum absolute atomic E-state index is 0.0147. The molecular formula is C13H22N2O. The first-order valence-electron chi connectivity index (χ1n) is 6.10. The molecule has 0 aromatic carbocycles.